The van der Waals surface area contributed by atoms with Gasteiger partial charge >= 0.3 is 5.97 Å². The molecule has 0 aliphatic carbocycles. The molecule has 4 heteroatoms. The average Bonchev–Trinajstić information content (AvgIpc) is 1.88. The Morgan fingerprint density at radius 2 is 2.27 bits per heavy atom. The van der Waals surface area contributed by atoms with Gasteiger partial charge in [0.2, 0.25) is 0 Å². The van der Waals surface area contributed by atoms with Crippen LogP contribution in [0.4, 0.5) is 0 Å². The molecule has 3 nitrogen and oxygen atoms in total. The first kappa shape index (κ1) is 9.68. The summed E-state index contributed by atoms with van der Waals surface area (Å²) in [4.78, 5) is 14.0. The molecule has 0 spiro atoms. The molecule has 1 aromatic heterocycles. The van der Waals surface area contributed by atoms with Crippen molar-refractivity contribution < 1.29 is 9.90 Å². The van der Waals surface area contributed by atoms with Crippen LogP contribution in [0.2, 0.25) is 0 Å². The minimum atomic E-state index is -0.848. The lowest BCUT2D eigenvalue weighted by Gasteiger charge is -1.91. The third kappa shape index (κ3) is 3.40. The molecular weight excluding hydrogens is 141 g/mol. The van der Waals surface area contributed by atoms with E-state index in [9.17, 15) is 4.79 Å². The number of carboxylic acid groups (broad SMARTS) is 1. The van der Waals surface area contributed by atoms with Crippen molar-refractivity contribution in [2.75, 3.05) is 0 Å². The maximum Gasteiger partial charge on any atom is 0.309 e. The van der Waals surface area contributed by atoms with Gasteiger partial charge in [-0.1, -0.05) is 6.07 Å². The van der Waals surface area contributed by atoms with E-state index in [0.29, 0.717) is 5.69 Å². The Kier molecular flexibility index (Phi) is 3.96. The third-order valence-electron chi connectivity index (χ3n) is 1.06. The average molecular weight is 151 g/mol. The van der Waals surface area contributed by atoms with Gasteiger partial charge in [-0.3, -0.25) is 9.78 Å². The molecule has 0 unspecified atom stereocenters. The molecule has 0 aliphatic heterocycles. The third-order valence-corrected chi connectivity index (χ3v) is 1.06. The summed E-state index contributed by atoms with van der Waals surface area (Å²) in [5.41, 5.74) is 0.593. The first-order chi connectivity index (χ1) is 4.79. The predicted octanol–water partition coefficient (Wildman–Crippen LogP) is -0.475. The second-order valence-corrected chi connectivity index (χ2v) is 1.89. The molecule has 0 radical (unpaired) electrons. The molecule has 1 N–H and O–H groups in total. The second kappa shape index (κ2) is 4.49. The van der Waals surface area contributed by atoms with E-state index in [2.05, 4.69) is 4.98 Å². The normalized spacial score (nSPS) is 8.36. The van der Waals surface area contributed by atoms with Crippen LogP contribution in [0.1, 0.15) is 5.69 Å². The van der Waals surface area contributed by atoms with Crippen LogP contribution in [0.15, 0.2) is 24.4 Å². The quantitative estimate of drug-likeness (QED) is 0.581. The highest BCUT2D eigenvalue weighted by molar-refractivity contribution is 5.75. The Hall–Kier alpha value is -1.32. The first-order valence-corrected chi connectivity index (χ1v) is 2.91. The molecule has 11 heavy (non-hydrogen) atoms. The van der Waals surface area contributed by atoms with Gasteiger partial charge in [-0.05, 0) is 12.1 Å². The summed E-state index contributed by atoms with van der Waals surface area (Å²) in [7, 11) is 0. The van der Waals surface area contributed by atoms with Gasteiger partial charge in [0.1, 0.15) is 0 Å². The van der Waals surface area contributed by atoms with E-state index in [1.54, 1.807) is 24.4 Å². The summed E-state index contributed by atoms with van der Waals surface area (Å²) in [6.45, 7) is 0. The number of carbonyl (C=O) groups is 1. The molecule has 1 heterocycles. The highest BCUT2D eigenvalue weighted by atomic mass is 16.4. The van der Waals surface area contributed by atoms with E-state index in [0.717, 1.165) is 0 Å². The fraction of sp³-hybridized carbons (Fsp3) is 0.143. The molecule has 0 amide bonds. The van der Waals surface area contributed by atoms with Gasteiger partial charge in [-0.2, -0.15) is 0 Å². The minimum Gasteiger partial charge on any atom is -0.481 e. The lowest BCUT2D eigenvalue weighted by atomic mass is 10.3. The number of pyridine rings is 1. The molecule has 0 fully saturated rings. The van der Waals surface area contributed by atoms with Gasteiger partial charge in [-0.15, -0.1) is 0 Å². The zero-order chi connectivity index (χ0) is 7.40. The predicted molar refractivity (Wildman–Crippen MR) is 45.5 cm³/mol. The fourth-order valence-corrected chi connectivity index (χ4v) is 0.658. The van der Waals surface area contributed by atoms with Crippen LogP contribution in [0.5, 0.6) is 0 Å². The van der Waals surface area contributed by atoms with Crippen LogP contribution < -0.4 is 0 Å². The highest BCUT2D eigenvalue weighted by Gasteiger charge is 1.98. The molecule has 0 saturated carbocycles. The van der Waals surface area contributed by atoms with Gasteiger partial charge in [-0.25, -0.2) is 0 Å². The van der Waals surface area contributed by atoms with E-state index in [1.807, 2.05) is 0 Å². The van der Waals surface area contributed by atoms with Crippen molar-refractivity contribution in [2.45, 2.75) is 6.42 Å². The fourth-order valence-electron chi connectivity index (χ4n) is 0.658. The van der Waals surface area contributed by atoms with Gasteiger partial charge in [0.15, 0.2) is 0 Å². The van der Waals surface area contributed by atoms with Crippen LogP contribution in [-0.2, 0) is 11.2 Å². The Labute approximate surface area is 66.7 Å². The molecular formula is C7H10BNO2. The van der Waals surface area contributed by atoms with Crippen LogP contribution in [0.25, 0.3) is 0 Å². The number of rotatable bonds is 2. The molecule has 1 rings (SSSR count). The van der Waals surface area contributed by atoms with Crippen LogP contribution in [-0.4, -0.2) is 24.5 Å². The number of nitrogens with zero attached hydrogens (tertiary/aromatic N) is 1. The number of aromatic nitrogens is 1. The number of carboxylic acids is 1. The second-order valence-electron chi connectivity index (χ2n) is 1.89. The Balaban J connectivity index is 0.000001000. The molecule has 0 saturated heterocycles. The lowest BCUT2D eigenvalue weighted by molar-refractivity contribution is -0.136. The SMILES string of the molecule is B.O=C(O)Cc1ccccn1. The summed E-state index contributed by atoms with van der Waals surface area (Å²) in [6, 6.07) is 5.21. The van der Waals surface area contributed by atoms with E-state index < -0.39 is 5.97 Å². The Morgan fingerprint density at radius 3 is 2.73 bits per heavy atom. The van der Waals surface area contributed by atoms with Gasteiger partial charge in [0, 0.05) is 6.20 Å². The van der Waals surface area contributed by atoms with Crippen molar-refractivity contribution in [2.24, 2.45) is 0 Å². The van der Waals surface area contributed by atoms with Crippen molar-refractivity contribution in [3.05, 3.63) is 30.1 Å². The first-order valence-electron chi connectivity index (χ1n) is 2.91. The van der Waals surface area contributed by atoms with E-state index in [-0.39, 0.29) is 14.8 Å². The van der Waals surface area contributed by atoms with Crippen molar-refractivity contribution >= 4 is 14.4 Å². The maximum absolute atomic E-state index is 10.1. The molecule has 1 aromatic rings. The zero-order valence-corrected chi connectivity index (χ0v) is 5.32. The van der Waals surface area contributed by atoms with Gasteiger partial charge in [0.25, 0.3) is 0 Å². The van der Waals surface area contributed by atoms with Crippen LogP contribution >= 0.6 is 0 Å². The van der Waals surface area contributed by atoms with Crippen molar-refractivity contribution in [1.29, 1.82) is 0 Å². The smallest absolute Gasteiger partial charge is 0.309 e. The van der Waals surface area contributed by atoms with Crippen molar-refractivity contribution in [3.8, 4) is 0 Å². The maximum atomic E-state index is 10.1. The topological polar surface area (TPSA) is 50.2 Å². The number of aliphatic carboxylic acids is 1. The summed E-state index contributed by atoms with van der Waals surface area (Å²) < 4.78 is 0. The van der Waals surface area contributed by atoms with E-state index >= 15 is 0 Å². The Morgan fingerprint density at radius 1 is 1.55 bits per heavy atom. The van der Waals surface area contributed by atoms with Crippen molar-refractivity contribution in [1.82, 2.24) is 4.98 Å². The molecule has 58 valence electrons. The van der Waals surface area contributed by atoms with Crippen molar-refractivity contribution in [3.63, 3.8) is 0 Å². The highest BCUT2D eigenvalue weighted by Crippen LogP contribution is 1.93. The van der Waals surface area contributed by atoms with Crippen LogP contribution in [0, 0.1) is 0 Å². The molecule has 0 aromatic carbocycles. The Bertz CT molecular complexity index is 225. The molecule has 0 atom stereocenters. The lowest BCUT2D eigenvalue weighted by Crippen LogP contribution is -2.01. The van der Waals surface area contributed by atoms with Gasteiger partial charge < -0.3 is 5.11 Å². The summed E-state index contributed by atoms with van der Waals surface area (Å²) in [6.07, 6.45) is 1.58. The van der Waals surface area contributed by atoms with E-state index in [1.165, 1.54) is 0 Å². The minimum absolute atomic E-state index is 0. The summed E-state index contributed by atoms with van der Waals surface area (Å²) in [5.74, 6) is -0.848. The molecule has 0 aliphatic rings. The number of hydrogen-bond acceptors (Lipinski definition) is 2. The number of hydrogen-bond donors (Lipinski definition) is 1. The standard InChI is InChI=1S/C7H7NO2.BH3/c9-7(10)5-6-3-1-2-4-8-6;/h1-4H,5H2,(H,9,10);1H3. The van der Waals surface area contributed by atoms with Gasteiger partial charge in [0.05, 0.1) is 20.5 Å². The van der Waals surface area contributed by atoms with Crippen LogP contribution in [0.3, 0.4) is 0 Å². The summed E-state index contributed by atoms with van der Waals surface area (Å²) in [5, 5.41) is 8.33. The van der Waals surface area contributed by atoms with E-state index in [4.69, 9.17) is 5.11 Å². The summed E-state index contributed by atoms with van der Waals surface area (Å²) >= 11 is 0. The largest absolute Gasteiger partial charge is 0.481 e. The molecule has 0 bridgehead atoms. The zero-order valence-electron chi connectivity index (χ0n) is 5.32. The monoisotopic (exact) mass is 151 g/mol.